The van der Waals surface area contributed by atoms with Crippen molar-refractivity contribution in [3.05, 3.63) is 119 Å². The van der Waals surface area contributed by atoms with Gasteiger partial charge in [0.1, 0.15) is 17.6 Å². The summed E-state index contributed by atoms with van der Waals surface area (Å²) < 4.78 is 12.1. The molecule has 0 amide bonds. The van der Waals surface area contributed by atoms with Gasteiger partial charge in [0.2, 0.25) is 0 Å². The summed E-state index contributed by atoms with van der Waals surface area (Å²) in [7, 11) is 0. The molecule has 32 heavy (non-hydrogen) atoms. The Kier molecular flexibility index (Phi) is 4.15. The molecule has 0 fully saturated rings. The number of cyclic esters (lactones) is 1. The zero-order valence-electron chi connectivity index (χ0n) is 17.3. The summed E-state index contributed by atoms with van der Waals surface area (Å²) in [5.74, 6) is 0.798. The summed E-state index contributed by atoms with van der Waals surface area (Å²) >= 11 is 0. The van der Waals surface area contributed by atoms with Crippen LogP contribution in [0.2, 0.25) is 0 Å². The Morgan fingerprint density at radius 3 is 2.28 bits per heavy atom. The zero-order chi connectivity index (χ0) is 21.7. The topological polar surface area (TPSA) is 52.6 Å². The number of hydrogen-bond donors (Lipinski definition) is 0. The van der Waals surface area contributed by atoms with E-state index in [9.17, 15) is 9.59 Å². The normalized spacial score (nSPS) is 23.9. The van der Waals surface area contributed by atoms with Crippen LogP contribution < -0.4 is 4.74 Å². The number of allylic oxidation sites excluding steroid dienone is 2. The van der Waals surface area contributed by atoms with Gasteiger partial charge in [0.25, 0.3) is 0 Å². The van der Waals surface area contributed by atoms with E-state index in [0.29, 0.717) is 29.1 Å². The Balaban J connectivity index is 1.63. The Labute approximate surface area is 185 Å². The van der Waals surface area contributed by atoms with Crippen LogP contribution in [0.5, 0.6) is 5.75 Å². The zero-order valence-corrected chi connectivity index (χ0v) is 17.3. The predicted octanol–water partition coefficient (Wildman–Crippen LogP) is 5.26. The Bertz CT molecular complexity index is 1300. The van der Waals surface area contributed by atoms with E-state index < -0.39 is 11.5 Å². The van der Waals surface area contributed by atoms with E-state index in [1.54, 1.807) is 6.07 Å². The highest BCUT2D eigenvalue weighted by atomic mass is 16.5. The van der Waals surface area contributed by atoms with E-state index in [4.69, 9.17) is 9.47 Å². The van der Waals surface area contributed by atoms with Crippen molar-refractivity contribution in [2.24, 2.45) is 0 Å². The van der Waals surface area contributed by atoms with Gasteiger partial charge >= 0.3 is 5.97 Å². The van der Waals surface area contributed by atoms with Gasteiger partial charge in [-0.1, -0.05) is 72.8 Å². The second-order valence-electron chi connectivity index (χ2n) is 8.44. The molecule has 4 heteroatoms. The van der Waals surface area contributed by atoms with Gasteiger partial charge < -0.3 is 9.47 Å². The fraction of sp³-hybridized carbons (Fsp3) is 0.143. The number of rotatable bonds is 2. The molecule has 0 saturated heterocycles. The molecular weight excluding hydrogens is 400 g/mol. The smallest absolute Gasteiger partial charge is 0.312 e. The van der Waals surface area contributed by atoms with E-state index in [1.807, 2.05) is 84.9 Å². The van der Waals surface area contributed by atoms with Crippen molar-refractivity contribution in [3.8, 4) is 5.75 Å². The quantitative estimate of drug-likeness (QED) is 0.531. The van der Waals surface area contributed by atoms with Crippen LogP contribution in [-0.2, 0) is 14.9 Å². The lowest BCUT2D eigenvalue weighted by atomic mass is 9.62. The molecule has 4 nitrogen and oxygen atoms in total. The average Bonchev–Trinajstić information content (AvgIpc) is 2.84. The van der Waals surface area contributed by atoms with Crippen LogP contribution in [0.4, 0.5) is 0 Å². The molecule has 3 aromatic carbocycles. The van der Waals surface area contributed by atoms with Gasteiger partial charge in [-0.2, -0.15) is 0 Å². The van der Waals surface area contributed by atoms with Gasteiger partial charge in [0, 0.05) is 28.5 Å². The van der Waals surface area contributed by atoms with E-state index >= 15 is 0 Å². The van der Waals surface area contributed by atoms with E-state index in [0.717, 1.165) is 16.7 Å². The summed E-state index contributed by atoms with van der Waals surface area (Å²) in [5, 5.41) is 0. The van der Waals surface area contributed by atoms with Gasteiger partial charge in [-0.05, 0) is 23.8 Å². The number of fused-ring (bicyclic) bond motifs is 3. The second-order valence-corrected chi connectivity index (χ2v) is 8.44. The number of carbonyl (C=O) groups excluding carboxylic acids is 2. The van der Waals surface area contributed by atoms with Crippen molar-refractivity contribution < 1.29 is 19.1 Å². The van der Waals surface area contributed by atoms with Crippen molar-refractivity contribution in [1.82, 2.24) is 0 Å². The molecule has 1 aliphatic carbocycles. The molecule has 2 aliphatic heterocycles. The molecule has 3 aromatic rings. The van der Waals surface area contributed by atoms with Gasteiger partial charge in [-0.3, -0.25) is 9.59 Å². The third-order valence-electron chi connectivity index (χ3n) is 6.63. The first-order valence-electron chi connectivity index (χ1n) is 10.7. The predicted molar refractivity (Wildman–Crippen MR) is 120 cm³/mol. The number of esters is 1. The number of Topliss-reactive ketones (excluding diaryl/α,β-unsaturated/α-hetero) is 1. The first kappa shape index (κ1) is 18.8. The molecule has 0 bridgehead atoms. The minimum atomic E-state index is -0.636. The molecule has 0 spiro atoms. The summed E-state index contributed by atoms with van der Waals surface area (Å²) in [6.07, 6.45) is 2.17. The minimum Gasteiger partial charge on any atom is -0.485 e. The largest absolute Gasteiger partial charge is 0.485 e. The summed E-state index contributed by atoms with van der Waals surface area (Å²) in [4.78, 5) is 26.3. The van der Waals surface area contributed by atoms with Crippen LogP contribution in [0.25, 0.3) is 5.76 Å². The lowest BCUT2D eigenvalue weighted by molar-refractivity contribution is -0.139. The Morgan fingerprint density at radius 2 is 1.50 bits per heavy atom. The number of para-hydroxylation sites is 1. The monoisotopic (exact) mass is 420 g/mol. The van der Waals surface area contributed by atoms with Crippen molar-refractivity contribution in [2.45, 2.75) is 24.4 Å². The lowest BCUT2D eigenvalue weighted by Crippen LogP contribution is -2.46. The molecule has 3 aliphatic rings. The first-order valence-corrected chi connectivity index (χ1v) is 10.7. The molecule has 0 unspecified atom stereocenters. The molecule has 2 atom stereocenters. The van der Waals surface area contributed by atoms with Gasteiger partial charge in [-0.25, -0.2) is 0 Å². The highest BCUT2D eigenvalue weighted by molar-refractivity contribution is 6.13. The number of ether oxygens (including phenoxy) is 2. The number of hydrogen-bond acceptors (Lipinski definition) is 4. The van der Waals surface area contributed by atoms with Crippen LogP contribution >= 0.6 is 0 Å². The fourth-order valence-corrected chi connectivity index (χ4v) is 5.14. The van der Waals surface area contributed by atoms with Crippen LogP contribution in [0.1, 0.15) is 34.3 Å². The van der Waals surface area contributed by atoms with Crippen LogP contribution in [0.3, 0.4) is 0 Å². The molecule has 0 N–H and O–H groups in total. The third kappa shape index (κ3) is 2.76. The number of carbonyl (C=O) groups is 2. The highest BCUT2D eigenvalue weighted by Gasteiger charge is 2.51. The van der Waals surface area contributed by atoms with Crippen molar-refractivity contribution >= 4 is 17.5 Å². The molecule has 2 heterocycles. The molecule has 0 saturated carbocycles. The van der Waals surface area contributed by atoms with E-state index in [1.165, 1.54) is 0 Å². The molecule has 0 radical (unpaired) electrons. The van der Waals surface area contributed by atoms with E-state index in [2.05, 4.69) is 0 Å². The maximum absolute atomic E-state index is 13.4. The summed E-state index contributed by atoms with van der Waals surface area (Å²) in [6, 6.07) is 26.9. The van der Waals surface area contributed by atoms with Crippen molar-refractivity contribution in [2.75, 3.05) is 0 Å². The highest BCUT2D eigenvalue weighted by Crippen LogP contribution is 2.53. The second kappa shape index (κ2) is 7.06. The third-order valence-corrected chi connectivity index (χ3v) is 6.63. The number of ketones is 1. The van der Waals surface area contributed by atoms with Gasteiger partial charge in [0.05, 0.1) is 12.0 Å². The molecule has 156 valence electrons. The fourth-order valence-electron chi connectivity index (χ4n) is 5.14. The van der Waals surface area contributed by atoms with Crippen molar-refractivity contribution in [1.29, 1.82) is 0 Å². The average molecular weight is 420 g/mol. The molecular formula is C28H20O4. The van der Waals surface area contributed by atoms with E-state index in [-0.39, 0.29) is 18.2 Å². The molecule has 0 aromatic heterocycles. The van der Waals surface area contributed by atoms with Crippen LogP contribution in [-0.4, -0.2) is 17.9 Å². The number of benzene rings is 3. The van der Waals surface area contributed by atoms with Gasteiger partial charge in [0.15, 0.2) is 5.78 Å². The lowest BCUT2D eigenvalue weighted by Gasteiger charge is -2.45. The minimum absolute atomic E-state index is 0.0321. The first-order chi connectivity index (χ1) is 15.7. The standard InChI is InChI=1S/C28H20O4/c29-25-17-28(19-11-5-2-6-12-19)16-24-21(26(30)20-13-7-8-14-23(20)31-24)15-22(28)27(32-25)18-9-3-1-4-10-18/h1-15,24H,16-17H2/t24-,28-/m0/s1. The van der Waals surface area contributed by atoms with Gasteiger partial charge in [-0.15, -0.1) is 0 Å². The summed E-state index contributed by atoms with van der Waals surface area (Å²) in [6.45, 7) is 0. The van der Waals surface area contributed by atoms with Crippen LogP contribution in [0, 0.1) is 0 Å². The maximum atomic E-state index is 13.4. The molecule has 6 rings (SSSR count). The van der Waals surface area contributed by atoms with Crippen LogP contribution in [0.15, 0.2) is 102 Å². The van der Waals surface area contributed by atoms with Crippen molar-refractivity contribution in [3.63, 3.8) is 0 Å². The summed E-state index contributed by atoms with van der Waals surface area (Å²) in [5.41, 5.74) is 3.23. The Hall–Kier alpha value is -3.92. The SMILES string of the molecule is O=C1C[C@]2(c3ccccc3)C[C@@H]3Oc4ccccc4C(=O)C3=CC2=C(c2ccccc2)O1. The Morgan fingerprint density at radius 1 is 0.812 bits per heavy atom. The maximum Gasteiger partial charge on any atom is 0.312 e.